The van der Waals surface area contributed by atoms with Gasteiger partial charge in [-0.05, 0) is 15.9 Å². The van der Waals surface area contributed by atoms with Gasteiger partial charge >= 0.3 is 0 Å². The van der Waals surface area contributed by atoms with Crippen LogP contribution < -0.4 is 0 Å². The van der Waals surface area contributed by atoms with Gasteiger partial charge in [-0.25, -0.2) is 9.97 Å². The Bertz CT molecular complexity index is 631. The van der Waals surface area contributed by atoms with Crippen molar-refractivity contribution in [1.29, 1.82) is 0 Å². The first kappa shape index (κ1) is 9.54. The third-order valence-electron chi connectivity index (χ3n) is 2.40. The van der Waals surface area contributed by atoms with Crippen LogP contribution >= 0.6 is 15.9 Å². The number of nitrogens with zero attached hydrogens (tertiary/aromatic N) is 3. The maximum atomic E-state index is 4.27. The number of imidazole rings is 1. The van der Waals surface area contributed by atoms with E-state index in [0.717, 1.165) is 15.7 Å². The summed E-state index contributed by atoms with van der Waals surface area (Å²) in [5, 5.41) is 0. The molecule has 0 amide bonds. The molecule has 0 saturated carbocycles. The fourth-order valence-electron chi connectivity index (χ4n) is 1.67. The molecule has 16 heavy (non-hydrogen) atoms. The third kappa shape index (κ3) is 1.51. The molecule has 0 aliphatic carbocycles. The van der Waals surface area contributed by atoms with Crippen LogP contribution in [-0.4, -0.2) is 14.4 Å². The number of fused-ring (bicyclic) bond motifs is 1. The molecule has 3 rings (SSSR count). The molecule has 0 spiro atoms. The molecule has 2 heterocycles. The highest BCUT2D eigenvalue weighted by Gasteiger charge is 2.05. The zero-order chi connectivity index (χ0) is 11.0. The average molecular weight is 274 g/mol. The van der Waals surface area contributed by atoms with Gasteiger partial charge in [-0.1, -0.05) is 30.3 Å². The van der Waals surface area contributed by atoms with E-state index in [-0.39, 0.29) is 0 Å². The summed E-state index contributed by atoms with van der Waals surface area (Å²) in [5.74, 6) is 0.710. The van der Waals surface area contributed by atoms with Crippen LogP contribution in [0.1, 0.15) is 0 Å². The van der Waals surface area contributed by atoms with E-state index in [1.54, 1.807) is 6.20 Å². The van der Waals surface area contributed by atoms with Gasteiger partial charge in [0.05, 0.1) is 16.4 Å². The number of halogens is 1. The molecule has 3 nitrogen and oxygen atoms in total. The molecular weight excluding hydrogens is 266 g/mol. The van der Waals surface area contributed by atoms with Crippen molar-refractivity contribution < 1.29 is 0 Å². The molecule has 0 radical (unpaired) electrons. The molecule has 3 aromatic rings. The fraction of sp³-hybridized carbons (Fsp3) is 0. The minimum absolute atomic E-state index is 0.710. The second-order valence-electron chi connectivity index (χ2n) is 3.45. The molecule has 78 valence electrons. The SMILES string of the molecule is Brc1cnc2ncc(-c3ccccc3)n2c1. The largest absolute Gasteiger partial charge is 0.283 e. The van der Waals surface area contributed by atoms with Crippen molar-refractivity contribution in [2.24, 2.45) is 0 Å². The Balaban J connectivity index is 2.29. The van der Waals surface area contributed by atoms with Gasteiger partial charge < -0.3 is 0 Å². The quantitative estimate of drug-likeness (QED) is 0.682. The van der Waals surface area contributed by atoms with E-state index in [1.165, 1.54) is 0 Å². The fourth-order valence-corrected chi connectivity index (χ4v) is 1.98. The van der Waals surface area contributed by atoms with Gasteiger partial charge in [0.25, 0.3) is 0 Å². The number of aromatic nitrogens is 3. The highest BCUT2D eigenvalue weighted by Crippen LogP contribution is 2.20. The highest BCUT2D eigenvalue weighted by atomic mass is 79.9. The summed E-state index contributed by atoms with van der Waals surface area (Å²) in [4.78, 5) is 8.50. The summed E-state index contributed by atoms with van der Waals surface area (Å²) in [6.07, 6.45) is 5.55. The summed E-state index contributed by atoms with van der Waals surface area (Å²) < 4.78 is 2.91. The Morgan fingerprint density at radius 2 is 1.75 bits per heavy atom. The van der Waals surface area contributed by atoms with E-state index in [2.05, 4.69) is 38.0 Å². The first-order valence-corrected chi connectivity index (χ1v) is 5.68. The van der Waals surface area contributed by atoms with Gasteiger partial charge in [0.2, 0.25) is 5.78 Å². The van der Waals surface area contributed by atoms with Crippen molar-refractivity contribution in [1.82, 2.24) is 14.4 Å². The molecule has 4 heteroatoms. The lowest BCUT2D eigenvalue weighted by Gasteiger charge is -2.01. The molecule has 0 aliphatic rings. The van der Waals surface area contributed by atoms with Gasteiger partial charge in [-0.2, -0.15) is 0 Å². The van der Waals surface area contributed by atoms with E-state index in [4.69, 9.17) is 0 Å². The second kappa shape index (κ2) is 3.72. The Morgan fingerprint density at radius 1 is 1.00 bits per heavy atom. The van der Waals surface area contributed by atoms with E-state index in [0.29, 0.717) is 5.78 Å². The van der Waals surface area contributed by atoms with Crippen LogP contribution in [0.15, 0.2) is 53.4 Å². The van der Waals surface area contributed by atoms with Gasteiger partial charge in [0, 0.05) is 18.0 Å². The molecule has 0 bridgehead atoms. The molecule has 0 N–H and O–H groups in total. The van der Waals surface area contributed by atoms with E-state index in [9.17, 15) is 0 Å². The lowest BCUT2D eigenvalue weighted by Crippen LogP contribution is -1.90. The number of rotatable bonds is 1. The molecule has 0 saturated heterocycles. The zero-order valence-electron chi connectivity index (χ0n) is 8.34. The summed E-state index contributed by atoms with van der Waals surface area (Å²) >= 11 is 3.41. The predicted molar refractivity (Wildman–Crippen MR) is 66.1 cm³/mol. The van der Waals surface area contributed by atoms with Gasteiger partial charge in [0.15, 0.2) is 0 Å². The summed E-state index contributed by atoms with van der Waals surface area (Å²) in [6.45, 7) is 0. The maximum Gasteiger partial charge on any atom is 0.234 e. The molecule has 0 fully saturated rings. The minimum atomic E-state index is 0.710. The second-order valence-corrected chi connectivity index (χ2v) is 4.37. The third-order valence-corrected chi connectivity index (χ3v) is 2.81. The van der Waals surface area contributed by atoms with Gasteiger partial charge in [-0.3, -0.25) is 4.40 Å². The Morgan fingerprint density at radius 3 is 2.56 bits per heavy atom. The first-order valence-electron chi connectivity index (χ1n) is 4.88. The number of benzene rings is 1. The minimum Gasteiger partial charge on any atom is -0.283 e. The van der Waals surface area contributed by atoms with Crippen molar-refractivity contribution in [3.63, 3.8) is 0 Å². The van der Waals surface area contributed by atoms with E-state index in [1.807, 2.05) is 35.0 Å². The molecule has 2 aromatic heterocycles. The summed E-state index contributed by atoms with van der Waals surface area (Å²) in [7, 11) is 0. The highest BCUT2D eigenvalue weighted by molar-refractivity contribution is 9.10. The molecule has 1 aromatic carbocycles. The van der Waals surface area contributed by atoms with Crippen molar-refractivity contribution in [3.8, 4) is 11.3 Å². The topological polar surface area (TPSA) is 30.2 Å². The van der Waals surface area contributed by atoms with Crippen LogP contribution in [0.3, 0.4) is 0 Å². The standard InChI is InChI=1S/C12H8BrN3/c13-10-6-14-12-15-7-11(16(12)8-10)9-4-2-1-3-5-9/h1-8H. The summed E-state index contributed by atoms with van der Waals surface area (Å²) in [6, 6.07) is 10.1. The van der Waals surface area contributed by atoms with Crippen molar-refractivity contribution >= 4 is 21.7 Å². The van der Waals surface area contributed by atoms with Crippen LogP contribution in [0, 0.1) is 0 Å². The predicted octanol–water partition coefficient (Wildman–Crippen LogP) is 3.16. The molecule has 0 atom stereocenters. The van der Waals surface area contributed by atoms with Crippen LogP contribution in [-0.2, 0) is 0 Å². The average Bonchev–Trinajstić information content (AvgIpc) is 2.73. The van der Waals surface area contributed by atoms with Crippen LogP contribution in [0.2, 0.25) is 0 Å². The molecule has 0 unspecified atom stereocenters. The molecular formula is C12H8BrN3. The Labute approximate surface area is 101 Å². The van der Waals surface area contributed by atoms with Gasteiger partial charge in [0.1, 0.15) is 0 Å². The lowest BCUT2D eigenvalue weighted by molar-refractivity contribution is 1.10. The van der Waals surface area contributed by atoms with E-state index >= 15 is 0 Å². The zero-order valence-corrected chi connectivity index (χ0v) is 9.92. The smallest absolute Gasteiger partial charge is 0.234 e. The Kier molecular flexibility index (Phi) is 2.22. The van der Waals surface area contributed by atoms with Crippen molar-refractivity contribution in [3.05, 3.63) is 53.4 Å². The van der Waals surface area contributed by atoms with Crippen molar-refractivity contribution in [2.45, 2.75) is 0 Å². The Hall–Kier alpha value is -1.68. The summed E-state index contributed by atoms with van der Waals surface area (Å²) in [5.41, 5.74) is 2.18. The maximum absolute atomic E-state index is 4.27. The lowest BCUT2D eigenvalue weighted by atomic mass is 10.2. The van der Waals surface area contributed by atoms with Gasteiger partial charge in [-0.15, -0.1) is 0 Å². The first-order chi connectivity index (χ1) is 7.84. The van der Waals surface area contributed by atoms with E-state index < -0.39 is 0 Å². The normalized spacial score (nSPS) is 10.8. The van der Waals surface area contributed by atoms with Crippen LogP contribution in [0.5, 0.6) is 0 Å². The number of hydrogen-bond acceptors (Lipinski definition) is 2. The van der Waals surface area contributed by atoms with Crippen LogP contribution in [0.25, 0.3) is 17.0 Å². The molecule has 0 aliphatic heterocycles. The van der Waals surface area contributed by atoms with Crippen molar-refractivity contribution in [2.75, 3.05) is 0 Å². The van der Waals surface area contributed by atoms with Crippen LogP contribution in [0.4, 0.5) is 0 Å². The number of hydrogen-bond donors (Lipinski definition) is 0. The monoisotopic (exact) mass is 273 g/mol.